The van der Waals surface area contributed by atoms with Gasteiger partial charge in [0.25, 0.3) is 0 Å². The van der Waals surface area contributed by atoms with Gasteiger partial charge >= 0.3 is 0 Å². The molecule has 0 radical (unpaired) electrons. The van der Waals surface area contributed by atoms with Gasteiger partial charge in [-0.2, -0.15) is 0 Å². The summed E-state index contributed by atoms with van der Waals surface area (Å²) in [7, 11) is 0. The maximum Gasteiger partial charge on any atom is -0.00673 e. The first kappa shape index (κ1) is 9.23. The van der Waals surface area contributed by atoms with Crippen LogP contribution in [-0.2, 0) is 6.42 Å². The fourth-order valence-corrected chi connectivity index (χ4v) is 3.18. The highest BCUT2D eigenvalue weighted by Crippen LogP contribution is 2.42. The lowest BCUT2D eigenvalue weighted by molar-refractivity contribution is 1.22. The van der Waals surface area contributed by atoms with Crippen LogP contribution in [0.4, 0.5) is 0 Å². The summed E-state index contributed by atoms with van der Waals surface area (Å²) in [6, 6.07) is 11.2. The van der Waals surface area contributed by atoms with E-state index in [0.717, 1.165) is 12.8 Å². The van der Waals surface area contributed by atoms with E-state index in [2.05, 4.69) is 49.4 Å². The lowest BCUT2D eigenvalue weighted by Crippen LogP contribution is -2.04. The third-order valence-corrected chi connectivity index (χ3v) is 4.07. The van der Waals surface area contributed by atoms with E-state index in [0.29, 0.717) is 0 Å². The van der Waals surface area contributed by atoms with Crippen molar-refractivity contribution in [1.29, 1.82) is 0 Å². The van der Waals surface area contributed by atoms with Crippen LogP contribution in [-0.4, -0.2) is 0 Å². The highest BCUT2D eigenvalue weighted by molar-refractivity contribution is 6.03. The van der Waals surface area contributed by atoms with E-state index in [1.807, 2.05) is 0 Å². The molecular formula is C17H14. The molecule has 2 aromatic carbocycles. The lowest BCUT2D eigenvalue weighted by Gasteiger charge is -2.25. The molecule has 82 valence electrons. The fourth-order valence-electron chi connectivity index (χ4n) is 3.18. The van der Waals surface area contributed by atoms with E-state index < -0.39 is 0 Å². The summed E-state index contributed by atoms with van der Waals surface area (Å²) >= 11 is 0. The summed E-state index contributed by atoms with van der Waals surface area (Å²) in [5, 5.41) is 2.89. The Morgan fingerprint density at radius 1 is 0.941 bits per heavy atom. The van der Waals surface area contributed by atoms with E-state index >= 15 is 0 Å². The molecule has 0 N–H and O–H groups in total. The Morgan fingerprint density at radius 3 is 2.82 bits per heavy atom. The Labute approximate surface area is 101 Å². The van der Waals surface area contributed by atoms with Gasteiger partial charge in [0.15, 0.2) is 0 Å². The van der Waals surface area contributed by atoms with Crippen LogP contribution in [0.2, 0.25) is 0 Å². The second kappa shape index (κ2) is 3.10. The molecule has 0 amide bonds. The zero-order valence-electron chi connectivity index (χ0n) is 9.96. The van der Waals surface area contributed by atoms with E-state index in [1.165, 1.54) is 38.6 Å². The van der Waals surface area contributed by atoms with Crippen molar-refractivity contribution in [3.63, 3.8) is 0 Å². The summed E-state index contributed by atoms with van der Waals surface area (Å²) in [5.41, 5.74) is 7.37. The molecule has 0 heterocycles. The highest BCUT2D eigenvalue weighted by atomic mass is 14.2. The van der Waals surface area contributed by atoms with E-state index in [4.69, 9.17) is 0 Å². The molecule has 0 bridgehead atoms. The standard InChI is InChI=1S/C17H14/c1-11-5-6-14-8-7-12-3-2-4-13-9-10-15(11)17(14)16(12)13/h2-5,8-10H,6-7H2,1H3. The Morgan fingerprint density at radius 2 is 1.88 bits per heavy atom. The van der Waals surface area contributed by atoms with Gasteiger partial charge in [-0.3, -0.25) is 0 Å². The van der Waals surface area contributed by atoms with Crippen molar-refractivity contribution in [2.24, 2.45) is 0 Å². The summed E-state index contributed by atoms with van der Waals surface area (Å²) in [4.78, 5) is 0. The maximum atomic E-state index is 2.41. The maximum absolute atomic E-state index is 2.41. The van der Waals surface area contributed by atoms with Gasteiger partial charge in [-0.25, -0.2) is 0 Å². The summed E-state index contributed by atoms with van der Waals surface area (Å²) < 4.78 is 0. The molecular weight excluding hydrogens is 204 g/mol. The van der Waals surface area contributed by atoms with Crippen LogP contribution >= 0.6 is 0 Å². The van der Waals surface area contributed by atoms with Gasteiger partial charge < -0.3 is 0 Å². The van der Waals surface area contributed by atoms with Gasteiger partial charge in [0, 0.05) is 0 Å². The Hall–Kier alpha value is -1.82. The molecule has 0 aromatic heterocycles. The molecule has 0 aliphatic heterocycles. The Balaban J connectivity index is 2.25. The lowest BCUT2D eigenvalue weighted by atomic mass is 9.79. The monoisotopic (exact) mass is 218 g/mol. The largest absolute Gasteiger partial charge is 0.0766 e. The normalized spacial score (nSPS) is 16.8. The van der Waals surface area contributed by atoms with E-state index in [1.54, 1.807) is 0 Å². The number of benzene rings is 2. The Kier molecular flexibility index (Phi) is 1.69. The molecule has 0 saturated heterocycles. The van der Waals surface area contributed by atoms with E-state index in [-0.39, 0.29) is 0 Å². The first-order valence-corrected chi connectivity index (χ1v) is 6.26. The van der Waals surface area contributed by atoms with Crippen LogP contribution in [0.25, 0.3) is 21.9 Å². The number of hydrogen-bond donors (Lipinski definition) is 0. The molecule has 0 atom stereocenters. The molecule has 0 saturated carbocycles. The van der Waals surface area contributed by atoms with Gasteiger partial charge in [0.2, 0.25) is 0 Å². The second-order valence-corrected chi connectivity index (χ2v) is 5.03. The molecule has 17 heavy (non-hydrogen) atoms. The van der Waals surface area contributed by atoms with Gasteiger partial charge in [0.1, 0.15) is 0 Å². The van der Waals surface area contributed by atoms with Crippen LogP contribution in [0, 0.1) is 0 Å². The third kappa shape index (κ3) is 1.13. The van der Waals surface area contributed by atoms with Crippen molar-refractivity contribution >= 4 is 21.9 Å². The van der Waals surface area contributed by atoms with Crippen LogP contribution < -0.4 is 0 Å². The molecule has 0 fully saturated rings. The van der Waals surface area contributed by atoms with Crippen molar-refractivity contribution in [3.8, 4) is 0 Å². The minimum absolute atomic E-state index is 1.09. The minimum Gasteiger partial charge on any atom is -0.0766 e. The molecule has 4 rings (SSSR count). The predicted octanol–water partition coefficient (Wildman–Crippen LogP) is 4.59. The average Bonchev–Trinajstić information content (AvgIpc) is 2.38. The minimum atomic E-state index is 1.09. The smallest absolute Gasteiger partial charge is 0.00673 e. The van der Waals surface area contributed by atoms with Gasteiger partial charge in [-0.15, -0.1) is 0 Å². The average molecular weight is 218 g/mol. The van der Waals surface area contributed by atoms with Crippen LogP contribution in [0.3, 0.4) is 0 Å². The van der Waals surface area contributed by atoms with Gasteiger partial charge in [0.05, 0.1) is 0 Å². The summed E-state index contributed by atoms with van der Waals surface area (Å²) in [6.07, 6.45) is 6.96. The SMILES string of the molecule is CC1=CCC2=CCc3cccc4ccc1c2c34. The molecule has 0 nitrogen and oxygen atoms in total. The topological polar surface area (TPSA) is 0 Å². The zero-order chi connectivity index (χ0) is 11.4. The molecule has 2 aromatic rings. The molecule has 0 heteroatoms. The number of hydrogen-bond acceptors (Lipinski definition) is 0. The molecule has 2 aliphatic carbocycles. The number of allylic oxidation sites excluding steroid dienone is 4. The van der Waals surface area contributed by atoms with Gasteiger partial charge in [-0.1, -0.05) is 42.5 Å². The summed E-state index contributed by atoms with van der Waals surface area (Å²) in [5.74, 6) is 0. The van der Waals surface area contributed by atoms with Crippen LogP contribution in [0.5, 0.6) is 0 Å². The Bertz CT molecular complexity index is 699. The first-order valence-electron chi connectivity index (χ1n) is 6.26. The van der Waals surface area contributed by atoms with Crippen molar-refractivity contribution in [3.05, 3.63) is 59.2 Å². The molecule has 2 aliphatic rings. The molecule has 0 spiro atoms. The quantitative estimate of drug-likeness (QED) is 0.607. The van der Waals surface area contributed by atoms with Crippen molar-refractivity contribution in [2.75, 3.05) is 0 Å². The first-order chi connectivity index (χ1) is 8.34. The zero-order valence-corrected chi connectivity index (χ0v) is 9.96. The van der Waals surface area contributed by atoms with Crippen LogP contribution in [0.15, 0.2) is 42.5 Å². The van der Waals surface area contributed by atoms with Crippen molar-refractivity contribution in [1.82, 2.24) is 0 Å². The summed E-state index contributed by atoms with van der Waals surface area (Å²) in [6.45, 7) is 2.23. The highest BCUT2D eigenvalue weighted by Gasteiger charge is 2.20. The van der Waals surface area contributed by atoms with Crippen molar-refractivity contribution < 1.29 is 0 Å². The fraction of sp³-hybridized carbons (Fsp3) is 0.176. The van der Waals surface area contributed by atoms with Crippen LogP contribution in [0.1, 0.15) is 30.0 Å². The number of rotatable bonds is 0. The molecule has 0 unspecified atom stereocenters. The second-order valence-electron chi connectivity index (χ2n) is 5.03. The van der Waals surface area contributed by atoms with E-state index in [9.17, 15) is 0 Å². The van der Waals surface area contributed by atoms with Gasteiger partial charge in [-0.05, 0) is 58.4 Å². The van der Waals surface area contributed by atoms with Crippen molar-refractivity contribution in [2.45, 2.75) is 19.8 Å². The third-order valence-electron chi connectivity index (χ3n) is 4.07. The predicted molar refractivity (Wildman–Crippen MR) is 73.9 cm³/mol.